The molecule has 0 spiro atoms. The molecule has 0 saturated carbocycles. The van der Waals surface area contributed by atoms with Crippen molar-refractivity contribution >= 4 is 55.7 Å². The van der Waals surface area contributed by atoms with Crippen LogP contribution in [0.1, 0.15) is 11.3 Å². The molecule has 0 fully saturated rings. The summed E-state index contributed by atoms with van der Waals surface area (Å²) in [6.07, 6.45) is 0. The van der Waals surface area contributed by atoms with E-state index in [1.165, 1.54) is 41.3 Å². The molecule has 1 aromatic heterocycles. The summed E-state index contributed by atoms with van der Waals surface area (Å²) in [6, 6.07) is 3.90. The number of rotatable bonds is 7. The minimum Gasteiger partial charge on any atom is -0.370 e. The number of amidine groups is 1. The molecule has 0 unspecified atom stereocenters. The number of nitrogens with zero attached hydrogens (tertiary/aromatic N) is 4. The van der Waals surface area contributed by atoms with Crippen LogP contribution in [0.4, 0.5) is 10.8 Å². The van der Waals surface area contributed by atoms with Crippen LogP contribution in [0.5, 0.6) is 0 Å². The lowest BCUT2D eigenvalue weighted by Crippen LogP contribution is -2.22. The van der Waals surface area contributed by atoms with Crippen molar-refractivity contribution in [3.05, 3.63) is 45.0 Å². The predicted octanol–water partition coefficient (Wildman–Crippen LogP) is 0.928. The second kappa shape index (κ2) is 8.12. The normalized spacial score (nSPS) is 15.8. The van der Waals surface area contributed by atoms with Crippen LogP contribution < -0.4 is 16.2 Å². The molecule has 2 aromatic rings. The Morgan fingerprint density at radius 3 is 2.89 bits per heavy atom. The third-order valence-corrected chi connectivity index (χ3v) is 6.61. The fourth-order valence-corrected chi connectivity index (χ4v) is 5.19. The lowest BCUT2D eigenvalue weighted by molar-refractivity contribution is -0.385. The first-order valence-electron chi connectivity index (χ1n) is 7.75. The van der Waals surface area contributed by atoms with E-state index in [9.17, 15) is 18.5 Å². The van der Waals surface area contributed by atoms with E-state index in [1.54, 1.807) is 0 Å². The minimum atomic E-state index is -3.84. The highest BCUT2D eigenvalue weighted by atomic mass is 32.2. The number of nitro groups is 1. The number of nitrogens with one attached hydrogen (secondary N) is 1. The van der Waals surface area contributed by atoms with Gasteiger partial charge in [0.2, 0.25) is 5.13 Å². The zero-order chi connectivity index (χ0) is 20.3. The van der Waals surface area contributed by atoms with Gasteiger partial charge < -0.3 is 11.5 Å². The predicted molar refractivity (Wildman–Crippen MR) is 109 cm³/mol. The van der Waals surface area contributed by atoms with E-state index in [0.717, 1.165) is 5.69 Å². The van der Waals surface area contributed by atoms with Crippen LogP contribution in [-0.2, 0) is 15.8 Å². The van der Waals surface area contributed by atoms with Crippen molar-refractivity contribution in [1.29, 1.82) is 0 Å². The summed E-state index contributed by atoms with van der Waals surface area (Å²) in [4.78, 5) is 22.8. The fraction of sp³-hybridized carbons (Fsp3) is 0.214. The largest absolute Gasteiger partial charge is 0.370 e. The highest BCUT2D eigenvalue weighted by Crippen LogP contribution is 2.30. The number of guanidine groups is 1. The SMILES string of the molecule is NC(N)=Nc1nc(CSCCN=C2NS(=O)(=O)c3cccc([N+](=O)[O-])c32)cs1. The van der Waals surface area contributed by atoms with Crippen molar-refractivity contribution in [2.24, 2.45) is 21.5 Å². The van der Waals surface area contributed by atoms with Gasteiger partial charge in [-0.25, -0.2) is 13.4 Å². The van der Waals surface area contributed by atoms with E-state index >= 15 is 0 Å². The van der Waals surface area contributed by atoms with Crippen LogP contribution in [0, 0.1) is 10.1 Å². The van der Waals surface area contributed by atoms with Crippen molar-refractivity contribution in [3.63, 3.8) is 0 Å². The maximum atomic E-state index is 12.1. The third-order valence-electron chi connectivity index (χ3n) is 3.48. The molecule has 5 N–H and O–H groups in total. The van der Waals surface area contributed by atoms with Gasteiger partial charge in [-0.1, -0.05) is 6.07 Å². The molecule has 1 aliphatic heterocycles. The number of aliphatic imine (C=N–C) groups is 2. The zero-order valence-electron chi connectivity index (χ0n) is 14.2. The van der Waals surface area contributed by atoms with Crippen LogP contribution in [0.15, 0.2) is 38.5 Å². The molecule has 1 aromatic carbocycles. The van der Waals surface area contributed by atoms with Gasteiger partial charge in [0.05, 0.1) is 17.2 Å². The lowest BCUT2D eigenvalue weighted by atomic mass is 10.1. The van der Waals surface area contributed by atoms with E-state index < -0.39 is 14.9 Å². The van der Waals surface area contributed by atoms with Crippen LogP contribution in [0.25, 0.3) is 0 Å². The Balaban J connectivity index is 1.64. The molecule has 0 amide bonds. The molecular weight excluding hydrogens is 426 g/mol. The summed E-state index contributed by atoms with van der Waals surface area (Å²) in [7, 11) is -3.84. The Hall–Kier alpha value is -2.71. The minimum absolute atomic E-state index is 0.00104. The van der Waals surface area contributed by atoms with Crippen molar-refractivity contribution < 1.29 is 13.3 Å². The Kier molecular flexibility index (Phi) is 5.81. The number of thiazole rings is 1. The first-order valence-corrected chi connectivity index (χ1v) is 11.3. The summed E-state index contributed by atoms with van der Waals surface area (Å²) < 4.78 is 26.6. The molecule has 0 atom stereocenters. The molecule has 11 nitrogen and oxygen atoms in total. The average Bonchev–Trinajstić information content (AvgIpc) is 3.16. The van der Waals surface area contributed by atoms with Crippen molar-refractivity contribution in [2.75, 3.05) is 12.3 Å². The van der Waals surface area contributed by atoms with E-state index in [0.29, 0.717) is 16.6 Å². The molecule has 0 aliphatic carbocycles. The van der Waals surface area contributed by atoms with Gasteiger partial charge >= 0.3 is 0 Å². The Morgan fingerprint density at radius 2 is 2.18 bits per heavy atom. The maximum Gasteiger partial charge on any atom is 0.281 e. The van der Waals surface area contributed by atoms with Gasteiger partial charge in [-0.3, -0.25) is 19.8 Å². The number of nitro benzene ring substituents is 1. The lowest BCUT2D eigenvalue weighted by Gasteiger charge is -2.01. The number of benzene rings is 1. The molecule has 2 heterocycles. The molecular formula is C14H15N7O4S3. The molecule has 14 heteroatoms. The van der Waals surface area contributed by atoms with Crippen molar-refractivity contribution in [1.82, 2.24) is 9.71 Å². The number of aromatic nitrogens is 1. The van der Waals surface area contributed by atoms with Gasteiger partial charge in [-0.15, -0.1) is 11.3 Å². The molecule has 0 bridgehead atoms. The molecule has 148 valence electrons. The number of nitrogens with two attached hydrogens (primary N) is 2. The van der Waals surface area contributed by atoms with Crippen LogP contribution in [0.2, 0.25) is 0 Å². The summed E-state index contributed by atoms with van der Waals surface area (Å²) >= 11 is 2.85. The van der Waals surface area contributed by atoms with Gasteiger partial charge in [0.15, 0.2) is 11.8 Å². The molecule has 0 radical (unpaired) electrons. The summed E-state index contributed by atoms with van der Waals surface area (Å²) in [5, 5.41) is 13.5. The van der Waals surface area contributed by atoms with Gasteiger partial charge in [0, 0.05) is 23.0 Å². The summed E-state index contributed by atoms with van der Waals surface area (Å²) in [6.45, 7) is 0.277. The summed E-state index contributed by atoms with van der Waals surface area (Å²) in [5.74, 6) is 1.10. The van der Waals surface area contributed by atoms with Crippen LogP contribution in [-0.4, -0.2) is 42.4 Å². The highest BCUT2D eigenvalue weighted by molar-refractivity contribution is 7.98. The number of fused-ring (bicyclic) bond motifs is 1. The quantitative estimate of drug-likeness (QED) is 0.186. The molecule has 0 saturated heterocycles. The first kappa shape index (κ1) is 20.0. The monoisotopic (exact) mass is 441 g/mol. The summed E-state index contributed by atoms with van der Waals surface area (Å²) in [5.41, 5.74) is 11.1. The molecule has 3 rings (SSSR count). The number of hydrogen-bond donors (Lipinski definition) is 3. The average molecular weight is 442 g/mol. The van der Waals surface area contributed by atoms with Gasteiger partial charge in [-0.2, -0.15) is 16.8 Å². The maximum absolute atomic E-state index is 12.1. The van der Waals surface area contributed by atoms with E-state index in [-0.39, 0.29) is 34.5 Å². The Bertz CT molecular complexity index is 1070. The van der Waals surface area contributed by atoms with Crippen LogP contribution >= 0.6 is 23.1 Å². The standard InChI is InChI=1S/C14H15N7O4S3/c15-13(16)19-14-18-8(7-27-14)6-26-5-4-17-12-11-9(21(22)23)2-1-3-10(11)28(24,25)20-12/h1-3,7H,4-6H2,(H,17,20)(H4,15,16,18,19). The topological polar surface area (TPSA) is 179 Å². The number of hydrogen-bond acceptors (Lipinski definition) is 9. The van der Waals surface area contributed by atoms with Gasteiger partial charge in [-0.05, 0) is 6.07 Å². The molecule has 28 heavy (non-hydrogen) atoms. The first-order chi connectivity index (χ1) is 13.3. The van der Waals surface area contributed by atoms with Gasteiger partial charge in [0.1, 0.15) is 10.5 Å². The van der Waals surface area contributed by atoms with Crippen LogP contribution in [0.3, 0.4) is 0 Å². The fourth-order valence-electron chi connectivity index (χ4n) is 2.40. The molecule has 1 aliphatic rings. The van der Waals surface area contributed by atoms with E-state index in [4.69, 9.17) is 11.5 Å². The van der Waals surface area contributed by atoms with Crippen molar-refractivity contribution in [2.45, 2.75) is 10.6 Å². The highest BCUT2D eigenvalue weighted by Gasteiger charge is 2.36. The number of sulfonamides is 1. The second-order valence-corrected chi connectivity index (χ2v) is 9.05. The Labute approximate surface area is 168 Å². The van der Waals surface area contributed by atoms with Crippen molar-refractivity contribution in [3.8, 4) is 0 Å². The van der Waals surface area contributed by atoms with Gasteiger partial charge in [0.25, 0.3) is 15.7 Å². The third kappa shape index (κ3) is 4.40. The Morgan fingerprint density at radius 1 is 1.39 bits per heavy atom. The smallest absolute Gasteiger partial charge is 0.281 e. The van der Waals surface area contributed by atoms with E-state index in [2.05, 4.69) is 19.7 Å². The number of thioether (sulfide) groups is 1. The zero-order valence-corrected chi connectivity index (χ0v) is 16.7. The van der Waals surface area contributed by atoms with E-state index in [1.807, 2.05) is 5.38 Å². The second-order valence-electron chi connectivity index (χ2n) is 5.45.